The second kappa shape index (κ2) is 10.7. The largest absolute Gasteiger partial charge is 1.00 e. The molecule has 2 aromatic carbocycles. The minimum absolute atomic E-state index is 0. The number of aryl methyl sites for hydroxylation is 1. The van der Waals surface area contributed by atoms with Crippen LogP contribution in [0.4, 0.5) is 4.39 Å². The van der Waals surface area contributed by atoms with E-state index in [1.54, 1.807) is 13.0 Å². The Morgan fingerprint density at radius 1 is 1.22 bits per heavy atom. The van der Waals surface area contributed by atoms with Crippen molar-refractivity contribution in [3.63, 3.8) is 0 Å². The van der Waals surface area contributed by atoms with Crippen molar-refractivity contribution in [1.29, 1.82) is 0 Å². The first-order valence-corrected chi connectivity index (χ1v) is 10.1. The summed E-state index contributed by atoms with van der Waals surface area (Å²) in [6.07, 6.45) is 0.709. The van der Waals surface area contributed by atoms with Crippen LogP contribution in [0.2, 0.25) is 0 Å². The third kappa shape index (κ3) is 7.54. The normalized spacial score (nSPS) is 10.7. The van der Waals surface area contributed by atoms with E-state index in [1.807, 2.05) is 0 Å². The molecule has 0 unspecified atom stereocenters. The zero-order valence-electron chi connectivity index (χ0n) is 14.5. The molecule has 10 heteroatoms. The average Bonchev–Trinajstić information content (AvgIpc) is 2.53. The Bertz CT molecular complexity index is 894. The standard InChI is InChI=1S/C17H19FN2O4S2.HI/c1-12-9-13(23-7-4-8-25-17(19)20)11-14(10-12)24-26(21,22)16-6-3-2-5-15(16)18;/h2-3,5-6,9-11H,4,7-8H2,1H3,(H3,19,20);1H. The molecule has 148 valence electrons. The van der Waals surface area contributed by atoms with E-state index >= 15 is 0 Å². The van der Waals surface area contributed by atoms with Crippen LogP contribution in [-0.4, -0.2) is 25.9 Å². The molecule has 0 aliphatic heterocycles. The number of thioether (sulfide) groups is 1. The van der Waals surface area contributed by atoms with Crippen molar-refractivity contribution in [3.8, 4) is 11.5 Å². The van der Waals surface area contributed by atoms with Gasteiger partial charge >= 0.3 is 10.1 Å². The molecule has 0 aliphatic carbocycles. The molecule has 2 rings (SSSR count). The molecule has 0 aromatic heterocycles. The van der Waals surface area contributed by atoms with Crippen LogP contribution in [0.3, 0.4) is 0 Å². The zero-order chi connectivity index (χ0) is 19.2. The molecule has 0 fully saturated rings. The summed E-state index contributed by atoms with van der Waals surface area (Å²) in [6, 6.07) is 9.77. The summed E-state index contributed by atoms with van der Waals surface area (Å²) in [5, 5.41) is 5.66. The maximum absolute atomic E-state index is 13.7. The van der Waals surface area contributed by atoms with Crippen molar-refractivity contribution < 1.29 is 51.1 Å². The molecule has 0 spiro atoms. The van der Waals surface area contributed by atoms with Gasteiger partial charge in [-0.1, -0.05) is 12.1 Å². The number of rotatable bonds is 8. The molecule has 0 saturated carbocycles. The molecule has 0 saturated heterocycles. The van der Waals surface area contributed by atoms with Gasteiger partial charge in [0.2, 0.25) is 0 Å². The van der Waals surface area contributed by atoms with Crippen LogP contribution in [0.15, 0.2) is 47.4 Å². The van der Waals surface area contributed by atoms with Crippen LogP contribution in [0.25, 0.3) is 0 Å². The first kappa shape index (κ1) is 23.5. The summed E-state index contributed by atoms with van der Waals surface area (Å²) >= 11 is 1.33. The van der Waals surface area contributed by atoms with Crippen molar-refractivity contribution >= 4 is 27.0 Å². The summed E-state index contributed by atoms with van der Waals surface area (Å²) in [5.41, 5.74) is 6.10. The maximum Gasteiger partial charge on any atom is 0.342 e. The van der Waals surface area contributed by atoms with Crippen molar-refractivity contribution in [2.75, 3.05) is 12.4 Å². The van der Waals surface area contributed by atoms with Crippen molar-refractivity contribution in [1.82, 2.24) is 0 Å². The van der Waals surface area contributed by atoms with Crippen molar-refractivity contribution in [2.24, 2.45) is 5.73 Å². The van der Waals surface area contributed by atoms with E-state index < -0.39 is 20.8 Å². The summed E-state index contributed by atoms with van der Waals surface area (Å²) in [7, 11) is -4.28. The van der Waals surface area contributed by atoms with E-state index in [1.165, 1.54) is 36.0 Å². The molecular formula is C17H20FIN2O4S2. The van der Waals surface area contributed by atoms with Crippen LogP contribution in [0.1, 0.15) is 12.0 Å². The number of amidine groups is 1. The fraction of sp³-hybridized carbons (Fsp3) is 0.235. The molecule has 0 aliphatic rings. The summed E-state index contributed by atoms with van der Waals surface area (Å²) in [5.74, 6) is 0.347. The number of hydrogen-bond acceptors (Lipinski definition) is 5. The topological polar surface area (TPSA) is 104 Å². The number of benzene rings is 2. The Balaban J connectivity index is 0.00000364. The molecule has 2 aromatic rings. The highest BCUT2D eigenvalue weighted by molar-refractivity contribution is 8.13. The highest BCUT2D eigenvalue weighted by atomic mass is 127. The zero-order valence-corrected chi connectivity index (χ0v) is 18.3. The minimum atomic E-state index is -4.28. The fourth-order valence-corrected chi connectivity index (χ4v) is 3.59. The van der Waals surface area contributed by atoms with Gasteiger partial charge in [0.25, 0.3) is 5.17 Å². The van der Waals surface area contributed by atoms with Gasteiger partial charge in [-0.3, -0.25) is 11.1 Å². The highest BCUT2D eigenvalue weighted by Gasteiger charge is 2.21. The van der Waals surface area contributed by atoms with Gasteiger partial charge in [-0.15, -0.1) is 0 Å². The molecule has 0 radical (unpaired) electrons. The van der Waals surface area contributed by atoms with E-state index in [0.29, 0.717) is 29.7 Å². The summed E-state index contributed by atoms with van der Waals surface area (Å²) in [4.78, 5) is -0.517. The van der Waals surface area contributed by atoms with Gasteiger partial charge in [-0.2, -0.15) is 8.42 Å². The SMILES string of the molecule is Cc1cc(OCCCSC(N)=[NH2+])cc(OS(=O)(=O)c2ccccc2F)c1.[I-]. The summed E-state index contributed by atoms with van der Waals surface area (Å²) in [6.45, 7) is 2.18. The third-order valence-electron chi connectivity index (χ3n) is 3.16. The van der Waals surface area contributed by atoms with Gasteiger partial charge in [0.05, 0.1) is 6.61 Å². The first-order chi connectivity index (χ1) is 12.3. The second-order valence-corrected chi connectivity index (χ2v) is 8.09. The van der Waals surface area contributed by atoms with Gasteiger partial charge in [-0.05, 0) is 54.9 Å². The van der Waals surface area contributed by atoms with Crippen LogP contribution in [-0.2, 0) is 10.1 Å². The second-order valence-electron chi connectivity index (χ2n) is 5.40. The number of ether oxygens (including phenoxy) is 1. The molecule has 0 bridgehead atoms. The van der Waals surface area contributed by atoms with E-state index in [-0.39, 0.29) is 29.7 Å². The van der Waals surface area contributed by atoms with E-state index in [2.05, 4.69) is 0 Å². The van der Waals surface area contributed by atoms with Gasteiger partial charge < -0.3 is 32.9 Å². The fourth-order valence-electron chi connectivity index (χ4n) is 2.10. The molecule has 27 heavy (non-hydrogen) atoms. The van der Waals surface area contributed by atoms with Gasteiger partial charge in [-0.25, -0.2) is 4.39 Å². The predicted octanol–water partition coefficient (Wildman–Crippen LogP) is -1.52. The van der Waals surface area contributed by atoms with Crippen LogP contribution in [0.5, 0.6) is 11.5 Å². The minimum Gasteiger partial charge on any atom is -1.00 e. The van der Waals surface area contributed by atoms with Crippen molar-refractivity contribution in [3.05, 3.63) is 53.8 Å². The molecule has 0 amide bonds. The van der Waals surface area contributed by atoms with Crippen LogP contribution in [0, 0.1) is 12.7 Å². The van der Waals surface area contributed by atoms with Gasteiger partial charge in [0, 0.05) is 11.8 Å². The lowest BCUT2D eigenvalue weighted by molar-refractivity contribution is -0.110. The predicted molar refractivity (Wildman–Crippen MR) is 99.1 cm³/mol. The molecule has 4 N–H and O–H groups in total. The molecular weight excluding hydrogens is 506 g/mol. The van der Waals surface area contributed by atoms with E-state index in [4.69, 9.17) is 20.1 Å². The molecule has 0 atom stereocenters. The Kier molecular flexibility index (Phi) is 9.33. The Labute approximate surface area is 179 Å². The van der Waals surface area contributed by atoms with Gasteiger partial charge in [0.15, 0.2) is 0 Å². The Morgan fingerprint density at radius 2 is 1.89 bits per heavy atom. The Morgan fingerprint density at radius 3 is 2.56 bits per heavy atom. The number of nitrogens with two attached hydrogens (primary N) is 2. The lowest BCUT2D eigenvalue weighted by Gasteiger charge is -2.11. The Hall–Kier alpha value is -1.53. The van der Waals surface area contributed by atoms with Crippen molar-refractivity contribution in [2.45, 2.75) is 18.2 Å². The first-order valence-electron chi connectivity index (χ1n) is 7.72. The highest BCUT2D eigenvalue weighted by Crippen LogP contribution is 2.26. The van der Waals surface area contributed by atoms with E-state index in [0.717, 1.165) is 17.7 Å². The van der Waals surface area contributed by atoms with E-state index in [9.17, 15) is 12.8 Å². The third-order valence-corrected chi connectivity index (χ3v) is 5.27. The smallest absolute Gasteiger partial charge is 0.342 e. The monoisotopic (exact) mass is 526 g/mol. The van der Waals surface area contributed by atoms with Crippen LogP contribution >= 0.6 is 11.8 Å². The molecule has 0 heterocycles. The number of hydrogen-bond donors (Lipinski definition) is 2. The number of halogens is 2. The average molecular weight is 526 g/mol. The molecule has 6 nitrogen and oxygen atoms in total. The quantitative estimate of drug-likeness (QED) is 0.143. The lowest BCUT2D eigenvalue weighted by atomic mass is 10.2. The summed E-state index contributed by atoms with van der Waals surface area (Å²) < 4.78 is 49.0. The lowest BCUT2D eigenvalue weighted by Crippen LogP contribution is -3.00. The maximum atomic E-state index is 13.7. The van der Waals surface area contributed by atoms with Crippen LogP contribution < -0.4 is 44.0 Å². The van der Waals surface area contributed by atoms with Gasteiger partial charge in [0.1, 0.15) is 22.2 Å².